The van der Waals surface area contributed by atoms with E-state index in [1.54, 1.807) is 13.1 Å². The van der Waals surface area contributed by atoms with Crippen molar-refractivity contribution < 1.29 is 4.79 Å². The molecule has 1 aromatic rings. The van der Waals surface area contributed by atoms with Crippen LogP contribution >= 0.6 is 0 Å². The molecule has 4 N–H and O–H groups in total. The highest BCUT2D eigenvalue weighted by Crippen LogP contribution is 2.20. The molecule has 0 aliphatic rings. The third-order valence-corrected chi connectivity index (χ3v) is 4.17. The van der Waals surface area contributed by atoms with Gasteiger partial charge in [-0.15, -0.1) is 0 Å². The summed E-state index contributed by atoms with van der Waals surface area (Å²) in [7, 11) is 0. The van der Waals surface area contributed by atoms with Gasteiger partial charge in [0.2, 0.25) is 0 Å². The van der Waals surface area contributed by atoms with Gasteiger partial charge in [0.05, 0.1) is 23.6 Å². The average molecular weight is 319 g/mol. The lowest BCUT2D eigenvalue weighted by molar-refractivity contribution is -0.115. The van der Waals surface area contributed by atoms with Crippen molar-refractivity contribution in [2.75, 3.05) is 0 Å². The van der Waals surface area contributed by atoms with E-state index in [0.717, 1.165) is 37.2 Å². The van der Waals surface area contributed by atoms with Gasteiger partial charge in [-0.05, 0) is 25.7 Å². The number of aryl methyl sites for hydroxylation is 1. The molecule has 23 heavy (non-hydrogen) atoms. The van der Waals surface area contributed by atoms with Gasteiger partial charge in [0.25, 0.3) is 5.91 Å². The van der Waals surface area contributed by atoms with Crippen molar-refractivity contribution in [3.63, 3.8) is 0 Å². The molecule has 0 aliphatic heterocycles. The number of hydrogen-bond acceptors (Lipinski definition) is 4. The van der Waals surface area contributed by atoms with Gasteiger partial charge in [0.1, 0.15) is 11.5 Å². The first-order chi connectivity index (χ1) is 10.9. The number of amides is 1. The highest BCUT2D eigenvalue weighted by atomic mass is 16.1. The average Bonchev–Trinajstić information content (AvgIpc) is 2.98. The number of carbonyl (C=O) groups excluding carboxylic acids is 1. The number of rotatable bonds is 10. The first-order valence-electron chi connectivity index (χ1n) is 8.37. The SMILES string of the molecule is CCC(=N)C(=N)C(=O)NC(CCCC(C)CC)c1cnc(C)[nH]1. The number of hydrogen-bond donors (Lipinski definition) is 4. The molecule has 6 nitrogen and oxygen atoms in total. The smallest absolute Gasteiger partial charge is 0.271 e. The summed E-state index contributed by atoms with van der Waals surface area (Å²) in [6, 6.07) is -0.197. The molecular formula is C17H29N5O. The van der Waals surface area contributed by atoms with Crippen LogP contribution in [0.5, 0.6) is 0 Å². The molecule has 2 atom stereocenters. The number of imidazole rings is 1. The normalized spacial score (nSPS) is 13.4. The number of nitrogens with one attached hydrogen (secondary N) is 4. The Bertz CT molecular complexity index is 549. The number of carbonyl (C=O) groups is 1. The van der Waals surface area contributed by atoms with Crippen LogP contribution in [0.4, 0.5) is 0 Å². The van der Waals surface area contributed by atoms with Crippen molar-refractivity contribution in [3.05, 3.63) is 17.7 Å². The second kappa shape index (κ2) is 9.22. The second-order valence-corrected chi connectivity index (χ2v) is 6.10. The van der Waals surface area contributed by atoms with E-state index in [9.17, 15) is 4.79 Å². The molecule has 6 heteroatoms. The molecule has 1 amide bonds. The van der Waals surface area contributed by atoms with Gasteiger partial charge in [-0.1, -0.05) is 40.0 Å². The highest BCUT2D eigenvalue weighted by molar-refractivity contribution is 6.65. The Kier molecular flexibility index (Phi) is 7.65. The van der Waals surface area contributed by atoms with Crippen LogP contribution in [0.25, 0.3) is 0 Å². The largest absolute Gasteiger partial charge is 0.344 e. The number of nitrogens with zero attached hydrogens (tertiary/aromatic N) is 1. The van der Waals surface area contributed by atoms with Gasteiger partial charge < -0.3 is 15.7 Å². The molecule has 0 aliphatic carbocycles. The van der Waals surface area contributed by atoms with Crippen molar-refractivity contribution in [1.29, 1.82) is 10.8 Å². The van der Waals surface area contributed by atoms with Gasteiger partial charge in [-0.3, -0.25) is 10.2 Å². The topological polar surface area (TPSA) is 105 Å². The lowest BCUT2D eigenvalue weighted by Gasteiger charge is -2.18. The van der Waals surface area contributed by atoms with Gasteiger partial charge in [0.15, 0.2) is 0 Å². The molecule has 0 fully saturated rings. The zero-order valence-corrected chi connectivity index (χ0v) is 14.6. The van der Waals surface area contributed by atoms with E-state index in [0.29, 0.717) is 12.3 Å². The Morgan fingerprint density at radius 3 is 2.57 bits per heavy atom. The van der Waals surface area contributed by atoms with Crippen molar-refractivity contribution in [2.45, 2.75) is 65.8 Å². The molecule has 0 saturated carbocycles. The maximum absolute atomic E-state index is 12.2. The van der Waals surface area contributed by atoms with Gasteiger partial charge in [-0.25, -0.2) is 4.98 Å². The molecule has 1 aromatic heterocycles. The van der Waals surface area contributed by atoms with E-state index in [-0.39, 0.29) is 17.5 Å². The monoisotopic (exact) mass is 319 g/mol. The van der Waals surface area contributed by atoms with Crippen LogP contribution in [-0.2, 0) is 4.79 Å². The predicted octanol–water partition coefficient (Wildman–Crippen LogP) is 3.54. The molecule has 0 aromatic carbocycles. The first kappa shape index (κ1) is 19.1. The predicted molar refractivity (Wildman–Crippen MR) is 93.3 cm³/mol. The van der Waals surface area contributed by atoms with Crippen LogP contribution in [0.3, 0.4) is 0 Å². The first-order valence-corrected chi connectivity index (χ1v) is 8.37. The van der Waals surface area contributed by atoms with Gasteiger partial charge >= 0.3 is 0 Å². The fourth-order valence-corrected chi connectivity index (χ4v) is 2.34. The minimum absolute atomic E-state index is 0.0571. The zero-order valence-electron chi connectivity index (χ0n) is 14.6. The van der Waals surface area contributed by atoms with Crippen molar-refractivity contribution in [1.82, 2.24) is 15.3 Å². The van der Waals surface area contributed by atoms with Crippen LogP contribution < -0.4 is 5.32 Å². The van der Waals surface area contributed by atoms with Gasteiger partial charge in [-0.2, -0.15) is 0 Å². The Hall–Kier alpha value is -1.98. The Balaban J connectivity index is 2.73. The van der Waals surface area contributed by atoms with E-state index in [1.165, 1.54) is 0 Å². The van der Waals surface area contributed by atoms with Crippen molar-refractivity contribution >= 4 is 17.3 Å². The van der Waals surface area contributed by atoms with Crippen molar-refractivity contribution in [2.24, 2.45) is 5.92 Å². The van der Waals surface area contributed by atoms with E-state index in [2.05, 4.69) is 29.1 Å². The second-order valence-electron chi connectivity index (χ2n) is 6.10. The molecular weight excluding hydrogens is 290 g/mol. The molecule has 0 radical (unpaired) electrons. The summed E-state index contributed by atoms with van der Waals surface area (Å²) in [5, 5.41) is 18.3. The molecule has 2 unspecified atom stereocenters. The maximum atomic E-state index is 12.2. The maximum Gasteiger partial charge on any atom is 0.271 e. The quantitative estimate of drug-likeness (QED) is 0.495. The number of H-pyrrole nitrogens is 1. The molecule has 0 bridgehead atoms. The summed E-state index contributed by atoms with van der Waals surface area (Å²) in [6.07, 6.45) is 6.17. The lowest BCUT2D eigenvalue weighted by atomic mass is 9.98. The summed E-state index contributed by atoms with van der Waals surface area (Å²) in [6.45, 7) is 8.05. The molecule has 1 heterocycles. The summed E-state index contributed by atoms with van der Waals surface area (Å²) in [5.74, 6) is 0.983. The number of aromatic amines is 1. The van der Waals surface area contributed by atoms with Crippen LogP contribution in [0, 0.1) is 23.7 Å². The highest BCUT2D eigenvalue weighted by Gasteiger charge is 2.20. The minimum atomic E-state index is -0.488. The molecule has 1 rings (SSSR count). The minimum Gasteiger partial charge on any atom is -0.344 e. The Labute approximate surface area is 138 Å². The Morgan fingerprint density at radius 1 is 1.35 bits per heavy atom. The van der Waals surface area contributed by atoms with Crippen molar-refractivity contribution in [3.8, 4) is 0 Å². The summed E-state index contributed by atoms with van der Waals surface area (Å²) < 4.78 is 0. The van der Waals surface area contributed by atoms with Crippen LogP contribution in [-0.4, -0.2) is 27.3 Å². The third kappa shape index (κ3) is 5.96. The zero-order chi connectivity index (χ0) is 17.4. The lowest BCUT2D eigenvalue weighted by Crippen LogP contribution is -2.37. The third-order valence-electron chi connectivity index (χ3n) is 4.17. The molecule has 128 valence electrons. The number of aromatic nitrogens is 2. The van der Waals surface area contributed by atoms with E-state index >= 15 is 0 Å². The fourth-order valence-electron chi connectivity index (χ4n) is 2.34. The van der Waals surface area contributed by atoms with Crippen LogP contribution in [0.1, 0.15) is 70.4 Å². The van der Waals surface area contributed by atoms with E-state index in [4.69, 9.17) is 10.8 Å². The standard InChI is InChI=1S/C17H29N5O/c1-5-11(3)8-7-9-14(15-10-20-12(4)21-15)22-17(23)16(19)13(18)6-2/h10-11,14,18-19H,5-9H2,1-4H3,(H,20,21)(H,22,23). The van der Waals surface area contributed by atoms with Gasteiger partial charge in [0, 0.05) is 0 Å². The van der Waals surface area contributed by atoms with Crippen LogP contribution in [0.2, 0.25) is 0 Å². The Morgan fingerprint density at radius 2 is 2.04 bits per heavy atom. The van der Waals surface area contributed by atoms with E-state index in [1.807, 2.05) is 6.92 Å². The molecule has 0 saturated heterocycles. The van der Waals surface area contributed by atoms with E-state index < -0.39 is 5.91 Å². The molecule has 0 spiro atoms. The van der Waals surface area contributed by atoms with Crippen LogP contribution in [0.15, 0.2) is 6.20 Å². The summed E-state index contributed by atoms with van der Waals surface area (Å²) >= 11 is 0. The fraction of sp³-hybridized carbons (Fsp3) is 0.647. The summed E-state index contributed by atoms with van der Waals surface area (Å²) in [5.41, 5.74) is 0.660. The summed E-state index contributed by atoms with van der Waals surface area (Å²) in [4.78, 5) is 19.5.